The minimum Gasteiger partial charge on any atom is -0.478 e. The largest absolute Gasteiger partial charge is 0.478 e. The summed E-state index contributed by atoms with van der Waals surface area (Å²) in [4.78, 5) is 29.6. The fourth-order valence-corrected chi connectivity index (χ4v) is 7.57. The predicted octanol–water partition coefficient (Wildman–Crippen LogP) is 8.73. The van der Waals surface area contributed by atoms with Crippen LogP contribution in [0.1, 0.15) is 26.3 Å². The number of rotatable bonds is 6. The molecule has 0 radical (unpaired) electrons. The Bertz CT molecular complexity index is 1460. The lowest BCUT2D eigenvalue weighted by molar-refractivity contribution is 0.0691. The number of carboxylic acid groups (broad SMARTS) is 1. The van der Waals surface area contributed by atoms with E-state index in [9.17, 15) is 19.1 Å². The van der Waals surface area contributed by atoms with Crippen molar-refractivity contribution in [3.05, 3.63) is 82.9 Å². The molecule has 5 nitrogen and oxygen atoms in total. The van der Waals surface area contributed by atoms with Crippen molar-refractivity contribution in [2.24, 2.45) is 0 Å². The van der Waals surface area contributed by atoms with Crippen LogP contribution in [-0.2, 0) is 5.75 Å². The predicted molar refractivity (Wildman–Crippen MR) is 148 cm³/mol. The van der Waals surface area contributed by atoms with Gasteiger partial charge in [-0.3, -0.25) is 4.79 Å². The fraction of sp³-hybridized carbons (Fsp3) is 0.0455. The first-order valence-electron chi connectivity index (χ1n) is 9.34. The molecule has 174 valence electrons. The summed E-state index contributed by atoms with van der Waals surface area (Å²) in [6.07, 6.45) is 0. The number of fused-ring (bicyclic) bond motifs is 1. The summed E-state index contributed by atoms with van der Waals surface area (Å²) in [5, 5.41) is 12.5. The molecule has 1 aromatic heterocycles. The molecular weight excluding hydrogens is 743 g/mol. The number of thiazole rings is 1. The van der Waals surface area contributed by atoms with E-state index in [-0.39, 0.29) is 21.4 Å². The van der Waals surface area contributed by atoms with Gasteiger partial charge in [-0.25, -0.2) is 14.2 Å². The number of aromatic carboxylic acids is 1. The van der Waals surface area contributed by atoms with E-state index in [1.54, 1.807) is 24.3 Å². The molecule has 1 heterocycles. The maximum Gasteiger partial charge on any atom is 0.337 e. The zero-order valence-corrected chi connectivity index (χ0v) is 24.6. The summed E-state index contributed by atoms with van der Waals surface area (Å²) >= 11 is 16.2. The smallest absolute Gasteiger partial charge is 0.337 e. The summed E-state index contributed by atoms with van der Waals surface area (Å²) in [5.41, 5.74) is 1.94. The second-order valence-corrected chi connectivity index (χ2v) is 12.3. The highest BCUT2D eigenvalue weighted by atomic mass is 79.9. The SMILES string of the molecule is O=C(O)c1c(Br)c(Br)c(Br)c(Br)c1C(=O)Nc1ccc2nc(SCc3cccc(F)c3)sc2c1. The molecule has 0 unspecified atom stereocenters. The molecule has 0 saturated heterocycles. The van der Waals surface area contributed by atoms with Gasteiger partial charge >= 0.3 is 5.97 Å². The first-order valence-corrected chi connectivity index (χ1v) is 14.3. The van der Waals surface area contributed by atoms with E-state index in [0.717, 1.165) is 20.1 Å². The lowest BCUT2D eigenvalue weighted by Gasteiger charge is -2.14. The molecule has 0 bridgehead atoms. The van der Waals surface area contributed by atoms with Gasteiger partial charge < -0.3 is 10.4 Å². The van der Waals surface area contributed by atoms with Crippen LogP contribution < -0.4 is 5.32 Å². The number of carbonyl (C=O) groups is 2. The fourth-order valence-electron chi connectivity index (χ4n) is 3.05. The Labute approximate surface area is 235 Å². The molecule has 0 aliphatic heterocycles. The van der Waals surface area contributed by atoms with E-state index in [1.165, 1.54) is 35.2 Å². The number of aromatic nitrogens is 1. The van der Waals surface area contributed by atoms with Gasteiger partial charge in [-0.05, 0) is 99.6 Å². The van der Waals surface area contributed by atoms with E-state index in [0.29, 0.717) is 24.9 Å². The molecule has 0 atom stereocenters. The number of carboxylic acids is 1. The maximum absolute atomic E-state index is 13.4. The zero-order chi connectivity index (χ0) is 24.6. The molecule has 4 aromatic rings. The number of amides is 1. The van der Waals surface area contributed by atoms with Gasteiger partial charge in [-0.15, -0.1) is 11.3 Å². The molecule has 0 aliphatic rings. The molecule has 0 aliphatic carbocycles. The number of thioether (sulfide) groups is 1. The van der Waals surface area contributed by atoms with Crippen molar-refractivity contribution in [1.82, 2.24) is 4.98 Å². The Morgan fingerprint density at radius 2 is 1.71 bits per heavy atom. The van der Waals surface area contributed by atoms with Crippen LogP contribution in [0.15, 0.2) is 64.7 Å². The van der Waals surface area contributed by atoms with Crippen LogP contribution in [0.3, 0.4) is 0 Å². The van der Waals surface area contributed by atoms with Gasteiger partial charge in [0.1, 0.15) is 5.82 Å². The van der Waals surface area contributed by atoms with E-state index in [2.05, 4.69) is 74.0 Å². The van der Waals surface area contributed by atoms with E-state index >= 15 is 0 Å². The van der Waals surface area contributed by atoms with Crippen LogP contribution >= 0.6 is 86.8 Å². The van der Waals surface area contributed by atoms with Crippen LogP contribution in [0.4, 0.5) is 10.1 Å². The molecule has 0 saturated carbocycles. The number of hydrogen-bond donors (Lipinski definition) is 2. The van der Waals surface area contributed by atoms with Crippen LogP contribution in [0, 0.1) is 5.82 Å². The topological polar surface area (TPSA) is 79.3 Å². The molecule has 12 heteroatoms. The van der Waals surface area contributed by atoms with E-state index < -0.39 is 11.9 Å². The molecular formula is C22H11Br4FN2O3S2. The van der Waals surface area contributed by atoms with Gasteiger partial charge in [-0.2, -0.15) is 0 Å². The minimum atomic E-state index is -1.25. The van der Waals surface area contributed by atoms with Gasteiger partial charge in [0.05, 0.1) is 21.3 Å². The maximum atomic E-state index is 13.4. The average Bonchev–Trinajstić information content (AvgIpc) is 3.20. The Morgan fingerprint density at radius 3 is 2.38 bits per heavy atom. The molecule has 2 N–H and O–H groups in total. The molecule has 4 rings (SSSR count). The van der Waals surface area contributed by atoms with E-state index in [1.807, 2.05) is 6.07 Å². The highest BCUT2D eigenvalue weighted by Crippen LogP contribution is 2.42. The third-order valence-electron chi connectivity index (χ3n) is 4.59. The Hall–Kier alpha value is -1.31. The zero-order valence-electron chi connectivity index (χ0n) is 16.7. The van der Waals surface area contributed by atoms with Gasteiger partial charge in [0.2, 0.25) is 0 Å². The number of halogens is 5. The summed E-state index contributed by atoms with van der Waals surface area (Å²) in [6.45, 7) is 0. The third kappa shape index (κ3) is 5.41. The third-order valence-corrected chi connectivity index (χ3v) is 11.6. The van der Waals surface area contributed by atoms with Crippen LogP contribution in [-0.4, -0.2) is 22.0 Å². The van der Waals surface area contributed by atoms with Crippen molar-refractivity contribution in [3.8, 4) is 0 Å². The second kappa shape index (κ2) is 10.8. The highest BCUT2D eigenvalue weighted by Gasteiger charge is 2.28. The Balaban J connectivity index is 1.58. The van der Waals surface area contributed by atoms with Crippen molar-refractivity contribution in [1.29, 1.82) is 0 Å². The monoisotopic (exact) mass is 750 g/mol. The normalized spacial score (nSPS) is 11.1. The first-order chi connectivity index (χ1) is 16.2. The number of nitrogens with zero attached hydrogens (tertiary/aromatic N) is 1. The number of benzene rings is 3. The summed E-state index contributed by atoms with van der Waals surface area (Å²) in [5.74, 6) is -1.52. The standard InChI is InChI=1S/C22H11Br4FN2O3S2/c23-16-14(15(21(31)32)17(24)19(26)18(16)25)20(30)28-11-4-5-12-13(7-11)34-22(29-12)33-8-9-2-1-3-10(27)6-9/h1-7H,8H2,(H,28,30)(H,31,32). The van der Waals surface area contributed by atoms with Gasteiger partial charge in [0.15, 0.2) is 4.34 Å². The van der Waals surface area contributed by atoms with Crippen LogP contribution in [0.25, 0.3) is 10.2 Å². The molecule has 1 amide bonds. The minimum absolute atomic E-state index is 0.0230. The van der Waals surface area contributed by atoms with Crippen molar-refractivity contribution in [2.75, 3.05) is 5.32 Å². The van der Waals surface area contributed by atoms with Crippen molar-refractivity contribution in [2.45, 2.75) is 10.1 Å². The average molecular weight is 754 g/mol. The van der Waals surface area contributed by atoms with Crippen molar-refractivity contribution < 1.29 is 19.1 Å². The summed E-state index contributed by atoms with van der Waals surface area (Å²) < 4.78 is 16.6. The number of carbonyl (C=O) groups excluding carboxylic acids is 1. The number of hydrogen-bond acceptors (Lipinski definition) is 5. The van der Waals surface area contributed by atoms with E-state index in [4.69, 9.17) is 0 Å². The number of nitrogens with one attached hydrogen (secondary N) is 1. The molecule has 3 aromatic carbocycles. The quantitative estimate of drug-likeness (QED) is 0.117. The van der Waals surface area contributed by atoms with Crippen molar-refractivity contribution >= 4 is 115 Å². The first kappa shape index (κ1) is 25.8. The summed E-state index contributed by atoms with van der Waals surface area (Å²) in [7, 11) is 0. The lowest BCUT2D eigenvalue weighted by atomic mass is 10.1. The number of anilines is 1. The van der Waals surface area contributed by atoms with Gasteiger partial charge in [0, 0.05) is 29.3 Å². The lowest BCUT2D eigenvalue weighted by Crippen LogP contribution is -2.18. The molecule has 34 heavy (non-hydrogen) atoms. The van der Waals surface area contributed by atoms with Crippen LogP contribution in [0.2, 0.25) is 0 Å². The summed E-state index contributed by atoms with van der Waals surface area (Å²) in [6, 6.07) is 11.7. The Kier molecular flexibility index (Phi) is 8.15. The highest BCUT2D eigenvalue weighted by molar-refractivity contribution is 9.15. The second-order valence-electron chi connectivity index (χ2n) is 6.85. The van der Waals surface area contributed by atoms with Crippen molar-refractivity contribution in [3.63, 3.8) is 0 Å². The van der Waals surface area contributed by atoms with Crippen LogP contribution in [0.5, 0.6) is 0 Å². The Morgan fingerprint density at radius 1 is 1.00 bits per heavy atom. The molecule has 0 spiro atoms. The van der Waals surface area contributed by atoms with Gasteiger partial charge in [0.25, 0.3) is 5.91 Å². The van der Waals surface area contributed by atoms with Gasteiger partial charge in [-0.1, -0.05) is 23.9 Å². The molecule has 0 fully saturated rings.